The van der Waals surface area contributed by atoms with Gasteiger partial charge in [0.1, 0.15) is 5.01 Å². The molecule has 0 aliphatic carbocycles. The average Bonchev–Trinajstić information content (AvgIpc) is 3.11. The van der Waals surface area contributed by atoms with Crippen LogP contribution < -0.4 is 5.73 Å². The number of primary amides is 1. The molecule has 0 unspecified atom stereocenters. The Balaban J connectivity index is 1.37. The Labute approximate surface area is 171 Å². The number of nitro groups is 1. The van der Waals surface area contributed by atoms with Crippen LogP contribution >= 0.6 is 11.3 Å². The summed E-state index contributed by atoms with van der Waals surface area (Å²) in [6, 6.07) is 12.6. The monoisotopic (exact) mass is 411 g/mol. The van der Waals surface area contributed by atoms with Crippen LogP contribution in [0.3, 0.4) is 0 Å². The molecule has 150 valence electrons. The largest absolute Gasteiger partial charge is 0.366 e. The summed E-state index contributed by atoms with van der Waals surface area (Å²) in [5.41, 5.74) is 6.97. The number of aromatic nitrogens is 1. The Kier molecular flexibility index (Phi) is 5.52. The fourth-order valence-corrected chi connectivity index (χ4v) is 4.56. The third-order valence-corrected chi connectivity index (χ3v) is 6.14. The highest BCUT2D eigenvalue weighted by molar-refractivity contribution is 7.18. The van der Waals surface area contributed by atoms with Crippen molar-refractivity contribution < 1.29 is 9.72 Å². The number of amides is 1. The molecule has 2 N–H and O–H groups in total. The highest BCUT2D eigenvalue weighted by Crippen LogP contribution is 2.25. The summed E-state index contributed by atoms with van der Waals surface area (Å²) in [6.45, 7) is 4.69. The quantitative estimate of drug-likeness (QED) is 0.494. The van der Waals surface area contributed by atoms with Gasteiger partial charge in [-0.25, -0.2) is 4.98 Å². The second-order valence-electron chi connectivity index (χ2n) is 7.09. The van der Waals surface area contributed by atoms with Gasteiger partial charge in [-0.15, -0.1) is 11.3 Å². The SMILES string of the molecule is NC(=O)c1ccc(CN2CCN(Cc3nc4ccccc4s3)CC2)c([N+](=O)[O-])c1. The molecule has 1 aromatic heterocycles. The first kappa shape index (κ1) is 19.4. The average molecular weight is 411 g/mol. The van der Waals surface area contributed by atoms with Crippen LogP contribution in [0.5, 0.6) is 0 Å². The number of carbonyl (C=O) groups excluding carboxylic acids is 1. The Morgan fingerprint density at radius 1 is 1.10 bits per heavy atom. The zero-order valence-electron chi connectivity index (χ0n) is 15.8. The zero-order valence-corrected chi connectivity index (χ0v) is 16.6. The fourth-order valence-electron chi connectivity index (χ4n) is 3.55. The van der Waals surface area contributed by atoms with Gasteiger partial charge in [-0.05, 0) is 18.2 Å². The fraction of sp³-hybridized carbons (Fsp3) is 0.300. The van der Waals surface area contributed by atoms with Gasteiger partial charge in [-0.2, -0.15) is 0 Å². The highest BCUT2D eigenvalue weighted by Gasteiger charge is 2.22. The van der Waals surface area contributed by atoms with E-state index in [1.807, 2.05) is 18.2 Å². The lowest BCUT2D eigenvalue weighted by Crippen LogP contribution is -2.45. The molecule has 4 rings (SSSR count). The Morgan fingerprint density at radius 2 is 1.79 bits per heavy atom. The Hall–Kier alpha value is -2.88. The molecule has 0 atom stereocenters. The number of hydrogen-bond acceptors (Lipinski definition) is 7. The first-order chi connectivity index (χ1) is 14.0. The molecule has 2 heterocycles. The number of benzene rings is 2. The third-order valence-electron chi connectivity index (χ3n) is 5.12. The molecule has 1 fully saturated rings. The molecular weight excluding hydrogens is 390 g/mol. The van der Waals surface area contributed by atoms with Crippen molar-refractivity contribution in [3.05, 3.63) is 68.7 Å². The van der Waals surface area contributed by atoms with Gasteiger partial charge in [-0.1, -0.05) is 18.2 Å². The van der Waals surface area contributed by atoms with Gasteiger partial charge < -0.3 is 5.73 Å². The van der Waals surface area contributed by atoms with Crippen molar-refractivity contribution in [1.82, 2.24) is 14.8 Å². The van der Waals surface area contributed by atoms with Crippen molar-refractivity contribution in [2.75, 3.05) is 26.2 Å². The van der Waals surface area contributed by atoms with Gasteiger partial charge in [0, 0.05) is 49.9 Å². The molecule has 1 aliphatic heterocycles. The number of carbonyl (C=O) groups is 1. The molecule has 0 spiro atoms. The van der Waals surface area contributed by atoms with E-state index in [2.05, 4.69) is 15.9 Å². The second-order valence-corrected chi connectivity index (χ2v) is 8.21. The van der Waals surface area contributed by atoms with Crippen molar-refractivity contribution in [2.45, 2.75) is 13.1 Å². The summed E-state index contributed by atoms with van der Waals surface area (Å²) < 4.78 is 1.20. The second kappa shape index (κ2) is 8.24. The van der Waals surface area contributed by atoms with Crippen molar-refractivity contribution in [2.24, 2.45) is 5.73 Å². The molecular formula is C20H21N5O3S. The first-order valence-electron chi connectivity index (χ1n) is 9.36. The molecule has 0 radical (unpaired) electrons. The molecule has 0 saturated carbocycles. The highest BCUT2D eigenvalue weighted by atomic mass is 32.1. The maximum absolute atomic E-state index is 11.4. The topological polar surface area (TPSA) is 106 Å². The van der Waals surface area contributed by atoms with Crippen molar-refractivity contribution in [3.63, 3.8) is 0 Å². The van der Waals surface area contributed by atoms with Crippen LogP contribution in [-0.2, 0) is 13.1 Å². The number of piperazine rings is 1. The Bertz CT molecular complexity index is 1030. The molecule has 3 aromatic rings. The summed E-state index contributed by atoms with van der Waals surface area (Å²) >= 11 is 1.72. The van der Waals surface area contributed by atoms with Gasteiger partial charge >= 0.3 is 0 Å². The predicted molar refractivity (Wildman–Crippen MR) is 112 cm³/mol. The number of hydrogen-bond donors (Lipinski definition) is 1. The summed E-state index contributed by atoms with van der Waals surface area (Å²) in [4.78, 5) is 31.5. The van der Waals surface area contributed by atoms with Gasteiger partial charge in [-0.3, -0.25) is 24.7 Å². The minimum absolute atomic E-state index is 0.0572. The minimum Gasteiger partial charge on any atom is -0.366 e. The van der Waals surface area contributed by atoms with E-state index in [0.29, 0.717) is 12.1 Å². The van der Waals surface area contributed by atoms with Gasteiger partial charge in [0.25, 0.3) is 5.69 Å². The van der Waals surface area contributed by atoms with E-state index < -0.39 is 10.8 Å². The van der Waals surface area contributed by atoms with Crippen LogP contribution in [-0.4, -0.2) is 51.8 Å². The van der Waals surface area contributed by atoms with E-state index in [0.717, 1.165) is 43.2 Å². The van der Waals surface area contributed by atoms with Crippen LogP contribution in [0.4, 0.5) is 5.69 Å². The maximum Gasteiger partial charge on any atom is 0.274 e. The summed E-state index contributed by atoms with van der Waals surface area (Å²) in [5.74, 6) is -0.664. The van der Waals surface area contributed by atoms with Crippen molar-refractivity contribution in [3.8, 4) is 0 Å². The smallest absolute Gasteiger partial charge is 0.274 e. The minimum atomic E-state index is -0.664. The number of nitro benzene ring substituents is 1. The normalized spacial score (nSPS) is 15.6. The molecule has 8 nitrogen and oxygen atoms in total. The lowest BCUT2D eigenvalue weighted by molar-refractivity contribution is -0.385. The van der Waals surface area contributed by atoms with Crippen LogP contribution in [0.25, 0.3) is 10.2 Å². The van der Waals surface area contributed by atoms with Crippen molar-refractivity contribution >= 4 is 33.1 Å². The van der Waals surface area contributed by atoms with Gasteiger partial charge in [0.05, 0.1) is 21.7 Å². The van der Waals surface area contributed by atoms with Crippen LogP contribution in [0.2, 0.25) is 0 Å². The molecule has 2 aromatic carbocycles. The molecule has 1 aliphatic rings. The van der Waals surface area contributed by atoms with E-state index in [9.17, 15) is 14.9 Å². The number of nitrogens with two attached hydrogens (primary N) is 1. The zero-order chi connectivity index (χ0) is 20.4. The number of nitrogens with zero attached hydrogens (tertiary/aromatic N) is 4. The van der Waals surface area contributed by atoms with Crippen molar-refractivity contribution in [1.29, 1.82) is 0 Å². The number of fused-ring (bicyclic) bond motifs is 1. The predicted octanol–water partition coefficient (Wildman–Crippen LogP) is 2.62. The van der Waals surface area contributed by atoms with Crippen LogP contribution in [0.1, 0.15) is 20.9 Å². The molecule has 29 heavy (non-hydrogen) atoms. The van der Waals surface area contributed by atoms with Crippen LogP contribution in [0, 0.1) is 10.1 Å². The molecule has 0 bridgehead atoms. The standard InChI is InChI=1S/C20H21N5O3S/c21-20(26)14-5-6-15(17(11-14)25(27)28)12-23-7-9-24(10-8-23)13-19-22-16-3-1-2-4-18(16)29-19/h1-6,11H,7-10,12-13H2,(H2,21,26). The van der Waals surface area contributed by atoms with E-state index in [1.165, 1.54) is 10.8 Å². The number of thiazole rings is 1. The van der Waals surface area contributed by atoms with Gasteiger partial charge in [0.15, 0.2) is 0 Å². The lowest BCUT2D eigenvalue weighted by atomic mass is 10.1. The van der Waals surface area contributed by atoms with E-state index in [-0.39, 0.29) is 11.3 Å². The Morgan fingerprint density at radius 3 is 2.45 bits per heavy atom. The lowest BCUT2D eigenvalue weighted by Gasteiger charge is -2.34. The number of para-hydroxylation sites is 1. The first-order valence-corrected chi connectivity index (χ1v) is 10.2. The number of rotatable bonds is 6. The van der Waals surface area contributed by atoms with E-state index in [4.69, 9.17) is 10.7 Å². The summed E-state index contributed by atoms with van der Waals surface area (Å²) in [5, 5.41) is 12.5. The summed E-state index contributed by atoms with van der Waals surface area (Å²) in [7, 11) is 0. The van der Waals surface area contributed by atoms with E-state index in [1.54, 1.807) is 23.5 Å². The summed E-state index contributed by atoms with van der Waals surface area (Å²) in [6.07, 6.45) is 0. The third kappa shape index (κ3) is 4.42. The van der Waals surface area contributed by atoms with E-state index >= 15 is 0 Å². The molecule has 1 amide bonds. The van der Waals surface area contributed by atoms with Gasteiger partial charge in [0.2, 0.25) is 5.91 Å². The maximum atomic E-state index is 11.4. The molecule has 1 saturated heterocycles. The van der Waals surface area contributed by atoms with Crippen LogP contribution in [0.15, 0.2) is 42.5 Å². The molecule has 9 heteroatoms.